The van der Waals surface area contributed by atoms with Gasteiger partial charge in [-0.25, -0.2) is 19.2 Å². The minimum absolute atomic E-state index is 0.104. The standard InChI is InChI=1S/C20H19FN4O3/c1-20(21)5-8-24(9-6-20)18(26)15-10-13-4-7-25(17(13)23-12-15)16-3-2-14(11-22-16)19(27)28/h2-4,7,10-12H,5-6,8-9H2,1H3,(H,27,28). The minimum atomic E-state index is -1.21. The van der Waals surface area contributed by atoms with Gasteiger partial charge in [0.2, 0.25) is 0 Å². The molecule has 0 saturated carbocycles. The number of piperidine rings is 1. The van der Waals surface area contributed by atoms with E-state index in [1.165, 1.54) is 18.5 Å². The Morgan fingerprint density at radius 3 is 2.46 bits per heavy atom. The topological polar surface area (TPSA) is 88.3 Å². The van der Waals surface area contributed by atoms with Crippen molar-refractivity contribution in [3.8, 4) is 5.82 Å². The van der Waals surface area contributed by atoms with Crippen LogP contribution in [0.4, 0.5) is 4.39 Å². The third-order valence-electron chi connectivity index (χ3n) is 5.11. The Kier molecular flexibility index (Phi) is 4.33. The van der Waals surface area contributed by atoms with Crippen LogP contribution in [0, 0.1) is 0 Å². The molecule has 1 aliphatic rings. The Balaban J connectivity index is 1.59. The molecule has 7 nitrogen and oxygen atoms in total. The molecule has 4 rings (SSSR count). The predicted octanol–water partition coefficient (Wildman–Crippen LogP) is 3.08. The van der Waals surface area contributed by atoms with E-state index in [4.69, 9.17) is 5.11 Å². The molecule has 1 aliphatic heterocycles. The fraction of sp³-hybridized carbons (Fsp3) is 0.300. The summed E-state index contributed by atoms with van der Waals surface area (Å²) in [6.45, 7) is 2.36. The zero-order valence-corrected chi connectivity index (χ0v) is 15.3. The Hall–Kier alpha value is -3.29. The van der Waals surface area contributed by atoms with Gasteiger partial charge in [-0.15, -0.1) is 0 Å². The second kappa shape index (κ2) is 6.70. The molecule has 3 aromatic rings. The Morgan fingerprint density at radius 1 is 1.11 bits per heavy atom. The van der Waals surface area contributed by atoms with E-state index in [1.807, 2.05) is 6.07 Å². The average molecular weight is 382 g/mol. The second-order valence-corrected chi connectivity index (χ2v) is 7.24. The molecular weight excluding hydrogens is 363 g/mol. The molecule has 0 bridgehead atoms. The largest absolute Gasteiger partial charge is 0.478 e. The average Bonchev–Trinajstić information content (AvgIpc) is 3.10. The van der Waals surface area contributed by atoms with E-state index in [-0.39, 0.29) is 11.5 Å². The number of halogens is 1. The quantitative estimate of drug-likeness (QED) is 0.752. The van der Waals surface area contributed by atoms with Gasteiger partial charge in [-0.2, -0.15) is 0 Å². The molecule has 1 amide bonds. The number of carboxylic acids is 1. The highest BCUT2D eigenvalue weighted by molar-refractivity contribution is 5.97. The van der Waals surface area contributed by atoms with E-state index in [1.54, 1.807) is 34.7 Å². The number of carboxylic acid groups (broad SMARTS) is 1. The molecule has 1 fully saturated rings. The lowest BCUT2D eigenvalue weighted by atomic mass is 9.95. The van der Waals surface area contributed by atoms with Crippen molar-refractivity contribution in [1.29, 1.82) is 0 Å². The number of hydrogen-bond donors (Lipinski definition) is 1. The number of alkyl halides is 1. The van der Waals surface area contributed by atoms with Crippen molar-refractivity contribution in [3.05, 3.63) is 54.0 Å². The molecule has 0 aromatic carbocycles. The number of hydrogen-bond acceptors (Lipinski definition) is 4. The molecule has 0 spiro atoms. The molecule has 0 aliphatic carbocycles. The second-order valence-electron chi connectivity index (χ2n) is 7.24. The first kappa shape index (κ1) is 18.1. The maximum absolute atomic E-state index is 14.0. The van der Waals surface area contributed by atoms with Crippen LogP contribution >= 0.6 is 0 Å². The van der Waals surface area contributed by atoms with Crippen LogP contribution in [0.15, 0.2) is 42.9 Å². The summed E-state index contributed by atoms with van der Waals surface area (Å²) in [7, 11) is 0. The predicted molar refractivity (Wildman–Crippen MR) is 100 cm³/mol. The number of fused-ring (bicyclic) bond motifs is 1. The van der Waals surface area contributed by atoms with Gasteiger partial charge in [0, 0.05) is 37.1 Å². The molecule has 3 aromatic heterocycles. The molecule has 28 heavy (non-hydrogen) atoms. The maximum atomic E-state index is 14.0. The lowest BCUT2D eigenvalue weighted by molar-refractivity contribution is 0.0503. The molecular formula is C20H19FN4O3. The van der Waals surface area contributed by atoms with Crippen molar-refractivity contribution in [1.82, 2.24) is 19.4 Å². The Morgan fingerprint density at radius 2 is 1.82 bits per heavy atom. The van der Waals surface area contributed by atoms with Crippen LogP contribution in [0.3, 0.4) is 0 Å². The van der Waals surface area contributed by atoms with Gasteiger partial charge in [-0.05, 0) is 44.0 Å². The number of likely N-dealkylation sites (tertiary alicyclic amines) is 1. The van der Waals surface area contributed by atoms with Crippen molar-refractivity contribution in [2.75, 3.05) is 13.1 Å². The van der Waals surface area contributed by atoms with Crippen molar-refractivity contribution < 1.29 is 19.1 Å². The van der Waals surface area contributed by atoms with Crippen molar-refractivity contribution in [3.63, 3.8) is 0 Å². The number of aromatic nitrogens is 3. The minimum Gasteiger partial charge on any atom is -0.478 e. The first-order valence-electron chi connectivity index (χ1n) is 8.99. The highest BCUT2D eigenvalue weighted by Crippen LogP contribution is 2.27. The summed E-state index contributed by atoms with van der Waals surface area (Å²) in [4.78, 5) is 33.9. The Labute approximate surface area is 160 Å². The van der Waals surface area contributed by atoms with Crippen molar-refractivity contribution >= 4 is 22.9 Å². The third-order valence-corrected chi connectivity index (χ3v) is 5.11. The summed E-state index contributed by atoms with van der Waals surface area (Å²) in [5, 5.41) is 9.75. The molecule has 8 heteroatoms. The Bertz CT molecular complexity index is 1050. The van der Waals surface area contributed by atoms with E-state index in [0.717, 1.165) is 5.39 Å². The van der Waals surface area contributed by atoms with E-state index >= 15 is 0 Å². The monoisotopic (exact) mass is 382 g/mol. The summed E-state index contributed by atoms with van der Waals surface area (Å²) in [5.74, 6) is -0.657. The lowest BCUT2D eigenvalue weighted by Gasteiger charge is -2.34. The van der Waals surface area contributed by atoms with Gasteiger partial charge in [0.1, 0.15) is 17.1 Å². The SMILES string of the molecule is CC1(F)CCN(C(=O)c2cnc3c(ccn3-c3ccc(C(=O)O)cn3)c2)CC1. The number of amides is 1. The summed E-state index contributed by atoms with van der Waals surface area (Å²) in [6.07, 6.45) is 5.24. The van der Waals surface area contributed by atoms with Gasteiger partial charge in [-0.3, -0.25) is 9.36 Å². The molecule has 1 N–H and O–H groups in total. The number of carbonyl (C=O) groups is 2. The molecule has 144 valence electrons. The smallest absolute Gasteiger partial charge is 0.337 e. The van der Waals surface area contributed by atoms with Crippen LogP contribution in [0.1, 0.15) is 40.5 Å². The third kappa shape index (κ3) is 3.33. The molecule has 0 atom stereocenters. The fourth-order valence-electron chi connectivity index (χ4n) is 3.34. The zero-order valence-electron chi connectivity index (χ0n) is 15.3. The summed E-state index contributed by atoms with van der Waals surface area (Å²) in [6, 6.07) is 6.66. The van der Waals surface area contributed by atoms with E-state index < -0.39 is 11.6 Å². The zero-order chi connectivity index (χ0) is 19.9. The van der Waals surface area contributed by atoms with Crippen LogP contribution in [0.25, 0.3) is 16.9 Å². The van der Waals surface area contributed by atoms with Gasteiger partial charge >= 0.3 is 5.97 Å². The summed E-state index contributed by atoms with van der Waals surface area (Å²) >= 11 is 0. The van der Waals surface area contributed by atoms with Gasteiger partial charge < -0.3 is 10.0 Å². The van der Waals surface area contributed by atoms with Crippen LogP contribution in [0.5, 0.6) is 0 Å². The van der Waals surface area contributed by atoms with Crippen molar-refractivity contribution in [2.24, 2.45) is 0 Å². The molecule has 4 heterocycles. The first-order valence-corrected chi connectivity index (χ1v) is 8.99. The number of aromatic carboxylic acids is 1. The lowest BCUT2D eigenvalue weighted by Crippen LogP contribution is -2.43. The van der Waals surface area contributed by atoms with Crippen LogP contribution in [0.2, 0.25) is 0 Å². The van der Waals surface area contributed by atoms with Crippen LogP contribution in [-0.4, -0.2) is 55.2 Å². The van der Waals surface area contributed by atoms with E-state index in [2.05, 4.69) is 9.97 Å². The summed E-state index contributed by atoms with van der Waals surface area (Å²) < 4.78 is 15.7. The number of rotatable bonds is 3. The molecule has 0 radical (unpaired) electrons. The summed E-state index contributed by atoms with van der Waals surface area (Å²) in [5.41, 5.74) is -0.0321. The van der Waals surface area contributed by atoms with Gasteiger partial charge in [0.15, 0.2) is 0 Å². The highest BCUT2D eigenvalue weighted by atomic mass is 19.1. The van der Waals surface area contributed by atoms with Crippen molar-refractivity contribution in [2.45, 2.75) is 25.4 Å². The number of pyridine rings is 2. The van der Waals surface area contributed by atoms with Gasteiger partial charge in [0.25, 0.3) is 5.91 Å². The first-order chi connectivity index (χ1) is 13.3. The highest BCUT2D eigenvalue weighted by Gasteiger charge is 2.32. The van der Waals surface area contributed by atoms with E-state index in [9.17, 15) is 14.0 Å². The number of carbonyl (C=O) groups excluding carboxylic acids is 1. The molecule has 0 unspecified atom stereocenters. The van der Waals surface area contributed by atoms with Crippen LogP contribution < -0.4 is 0 Å². The van der Waals surface area contributed by atoms with Gasteiger partial charge in [0.05, 0.1) is 11.1 Å². The van der Waals surface area contributed by atoms with Gasteiger partial charge in [-0.1, -0.05) is 0 Å². The maximum Gasteiger partial charge on any atom is 0.337 e. The normalized spacial score (nSPS) is 16.3. The number of nitrogens with zero attached hydrogens (tertiary/aromatic N) is 4. The molecule has 1 saturated heterocycles. The van der Waals surface area contributed by atoms with Crippen LogP contribution in [-0.2, 0) is 0 Å². The van der Waals surface area contributed by atoms with E-state index in [0.29, 0.717) is 43.0 Å². The fourth-order valence-corrected chi connectivity index (χ4v) is 3.34.